The SMILES string of the molecule is CCOc1ccccc1NS(=O)(=O)c1ccc(C(=O)C2CC2)cc1. The van der Waals surface area contributed by atoms with E-state index in [1.54, 1.807) is 36.4 Å². The number of carbonyl (C=O) groups is 1. The monoisotopic (exact) mass is 345 g/mol. The predicted octanol–water partition coefficient (Wildman–Crippen LogP) is 3.48. The second-order valence-electron chi connectivity index (χ2n) is 5.70. The van der Waals surface area contributed by atoms with E-state index in [0.29, 0.717) is 23.6 Å². The molecule has 126 valence electrons. The van der Waals surface area contributed by atoms with Crippen molar-refractivity contribution in [1.29, 1.82) is 0 Å². The molecular formula is C18H19NO4S. The highest BCUT2D eigenvalue weighted by Gasteiger charge is 2.30. The van der Waals surface area contributed by atoms with Crippen LogP contribution >= 0.6 is 0 Å². The van der Waals surface area contributed by atoms with Gasteiger partial charge in [-0.25, -0.2) is 8.42 Å². The van der Waals surface area contributed by atoms with Crippen LogP contribution in [0.3, 0.4) is 0 Å². The van der Waals surface area contributed by atoms with Crippen LogP contribution in [0.1, 0.15) is 30.1 Å². The topological polar surface area (TPSA) is 72.5 Å². The lowest BCUT2D eigenvalue weighted by atomic mass is 10.1. The summed E-state index contributed by atoms with van der Waals surface area (Å²) in [4.78, 5) is 12.1. The Bertz CT molecular complexity index is 840. The number of hydrogen-bond donors (Lipinski definition) is 1. The summed E-state index contributed by atoms with van der Waals surface area (Å²) in [5.41, 5.74) is 0.948. The van der Waals surface area contributed by atoms with Gasteiger partial charge in [0.15, 0.2) is 5.78 Å². The van der Waals surface area contributed by atoms with E-state index in [2.05, 4.69) is 4.72 Å². The van der Waals surface area contributed by atoms with Gasteiger partial charge in [-0.1, -0.05) is 24.3 Å². The maximum absolute atomic E-state index is 12.5. The Morgan fingerprint density at radius 2 is 1.79 bits per heavy atom. The van der Waals surface area contributed by atoms with Crippen molar-refractivity contribution in [3.63, 3.8) is 0 Å². The number of carbonyl (C=O) groups excluding carboxylic acids is 1. The van der Waals surface area contributed by atoms with Gasteiger partial charge in [-0.3, -0.25) is 9.52 Å². The third-order valence-electron chi connectivity index (χ3n) is 3.83. The molecule has 1 N–H and O–H groups in total. The van der Waals surface area contributed by atoms with Gasteiger partial charge in [-0.2, -0.15) is 0 Å². The Kier molecular flexibility index (Phi) is 4.57. The van der Waals surface area contributed by atoms with E-state index in [9.17, 15) is 13.2 Å². The molecule has 5 nitrogen and oxygen atoms in total. The maximum Gasteiger partial charge on any atom is 0.262 e. The second-order valence-corrected chi connectivity index (χ2v) is 7.38. The summed E-state index contributed by atoms with van der Waals surface area (Å²) in [6.07, 6.45) is 1.85. The van der Waals surface area contributed by atoms with Crippen LogP contribution in [0.15, 0.2) is 53.4 Å². The van der Waals surface area contributed by atoms with Crippen molar-refractivity contribution < 1.29 is 17.9 Å². The first kappa shape index (κ1) is 16.5. The zero-order valence-electron chi connectivity index (χ0n) is 13.4. The Hall–Kier alpha value is -2.34. The molecule has 0 atom stereocenters. The van der Waals surface area contributed by atoms with Gasteiger partial charge in [0.1, 0.15) is 5.75 Å². The van der Waals surface area contributed by atoms with Crippen molar-refractivity contribution in [1.82, 2.24) is 0 Å². The molecule has 2 aromatic rings. The van der Waals surface area contributed by atoms with Crippen LogP contribution < -0.4 is 9.46 Å². The summed E-state index contributed by atoms with van der Waals surface area (Å²) < 4.78 is 33.0. The number of benzene rings is 2. The summed E-state index contributed by atoms with van der Waals surface area (Å²) in [6, 6.07) is 12.9. The van der Waals surface area contributed by atoms with Crippen LogP contribution in [-0.2, 0) is 10.0 Å². The van der Waals surface area contributed by atoms with E-state index in [1.165, 1.54) is 12.1 Å². The first-order chi connectivity index (χ1) is 11.5. The zero-order valence-corrected chi connectivity index (χ0v) is 14.2. The maximum atomic E-state index is 12.5. The number of nitrogens with one attached hydrogen (secondary N) is 1. The Morgan fingerprint density at radius 3 is 2.42 bits per heavy atom. The molecule has 2 aromatic carbocycles. The quantitative estimate of drug-likeness (QED) is 0.780. The molecular weight excluding hydrogens is 326 g/mol. The van der Waals surface area contributed by atoms with Crippen LogP contribution in [0.2, 0.25) is 0 Å². The van der Waals surface area contributed by atoms with Gasteiger partial charge in [0.25, 0.3) is 10.0 Å². The molecule has 1 aliphatic carbocycles. The second kappa shape index (κ2) is 6.65. The number of para-hydroxylation sites is 2. The fourth-order valence-electron chi connectivity index (χ4n) is 2.42. The van der Waals surface area contributed by atoms with Crippen LogP contribution in [0.25, 0.3) is 0 Å². The number of ketones is 1. The molecule has 1 fully saturated rings. The first-order valence-corrected chi connectivity index (χ1v) is 9.38. The molecule has 0 aromatic heterocycles. The van der Waals surface area contributed by atoms with Gasteiger partial charge in [0.2, 0.25) is 0 Å². The van der Waals surface area contributed by atoms with E-state index < -0.39 is 10.0 Å². The summed E-state index contributed by atoms with van der Waals surface area (Å²) in [5.74, 6) is 0.682. The van der Waals surface area contributed by atoms with Gasteiger partial charge in [0.05, 0.1) is 17.2 Å². The van der Waals surface area contributed by atoms with Crippen molar-refractivity contribution >= 4 is 21.5 Å². The van der Waals surface area contributed by atoms with Gasteiger partial charge < -0.3 is 4.74 Å². The highest BCUT2D eigenvalue weighted by Crippen LogP contribution is 2.33. The molecule has 1 aliphatic rings. The Balaban J connectivity index is 1.81. The van der Waals surface area contributed by atoms with Crippen molar-refractivity contribution in [2.24, 2.45) is 5.92 Å². The highest BCUT2D eigenvalue weighted by molar-refractivity contribution is 7.92. The summed E-state index contributed by atoms with van der Waals surface area (Å²) in [7, 11) is -3.74. The fourth-order valence-corrected chi connectivity index (χ4v) is 3.49. The molecule has 1 saturated carbocycles. The van der Waals surface area contributed by atoms with Gasteiger partial charge >= 0.3 is 0 Å². The van der Waals surface area contributed by atoms with Gasteiger partial charge in [-0.05, 0) is 44.0 Å². The number of anilines is 1. The highest BCUT2D eigenvalue weighted by atomic mass is 32.2. The molecule has 0 saturated heterocycles. The van der Waals surface area contributed by atoms with E-state index in [-0.39, 0.29) is 16.6 Å². The molecule has 0 amide bonds. The average molecular weight is 345 g/mol. The van der Waals surface area contributed by atoms with Crippen LogP contribution in [-0.4, -0.2) is 20.8 Å². The number of Topliss-reactive ketones (excluding diaryl/α,β-unsaturated/α-hetero) is 1. The van der Waals surface area contributed by atoms with E-state index in [0.717, 1.165) is 12.8 Å². The molecule has 0 radical (unpaired) electrons. The molecule has 0 unspecified atom stereocenters. The Labute approximate surface area is 141 Å². The fraction of sp³-hybridized carbons (Fsp3) is 0.278. The number of sulfonamides is 1. The number of ether oxygens (including phenoxy) is 1. The Morgan fingerprint density at radius 1 is 1.12 bits per heavy atom. The smallest absolute Gasteiger partial charge is 0.262 e. The minimum absolute atomic E-state index is 0.0913. The minimum atomic E-state index is -3.74. The third kappa shape index (κ3) is 3.59. The standard InChI is InChI=1S/C18H19NO4S/c1-2-23-17-6-4-3-5-16(17)19-24(21,22)15-11-9-14(10-12-15)18(20)13-7-8-13/h3-6,9-13,19H,2,7-8H2,1H3. The molecule has 0 heterocycles. The predicted molar refractivity (Wildman–Crippen MR) is 91.9 cm³/mol. The van der Waals surface area contributed by atoms with E-state index in [4.69, 9.17) is 4.74 Å². The number of hydrogen-bond acceptors (Lipinski definition) is 4. The third-order valence-corrected chi connectivity index (χ3v) is 5.21. The summed E-state index contributed by atoms with van der Waals surface area (Å²) in [6.45, 7) is 2.28. The molecule has 0 spiro atoms. The molecule has 0 aliphatic heterocycles. The normalized spacial score (nSPS) is 14.2. The van der Waals surface area contributed by atoms with Crippen molar-refractivity contribution in [3.05, 3.63) is 54.1 Å². The van der Waals surface area contributed by atoms with Crippen LogP contribution in [0, 0.1) is 5.92 Å². The minimum Gasteiger partial charge on any atom is -0.492 e. The zero-order chi connectivity index (χ0) is 17.2. The van der Waals surface area contributed by atoms with Crippen molar-refractivity contribution in [2.75, 3.05) is 11.3 Å². The summed E-state index contributed by atoms with van der Waals surface area (Å²) >= 11 is 0. The lowest BCUT2D eigenvalue weighted by Crippen LogP contribution is -2.14. The van der Waals surface area contributed by atoms with E-state index in [1.807, 2.05) is 6.92 Å². The van der Waals surface area contributed by atoms with Crippen LogP contribution in [0.4, 0.5) is 5.69 Å². The first-order valence-electron chi connectivity index (χ1n) is 7.90. The largest absolute Gasteiger partial charge is 0.492 e. The molecule has 24 heavy (non-hydrogen) atoms. The molecule has 6 heteroatoms. The average Bonchev–Trinajstić information content (AvgIpc) is 3.41. The number of rotatable bonds is 7. The summed E-state index contributed by atoms with van der Waals surface area (Å²) in [5, 5.41) is 0. The van der Waals surface area contributed by atoms with Crippen molar-refractivity contribution in [2.45, 2.75) is 24.7 Å². The van der Waals surface area contributed by atoms with Crippen molar-refractivity contribution in [3.8, 4) is 5.75 Å². The molecule has 3 rings (SSSR count). The van der Waals surface area contributed by atoms with Gasteiger partial charge in [0, 0.05) is 11.5 Å². The molecule has 0 bridgehead atoms. The lowest BCUT2D eigenvalue weighted by molar-refractivity contribution is 0.0967. The van der Waals surface area contributed by atoms with Crippen LogP contribution in [0.5, 0.6) is 5.75 Å². The van der Waals surface area contributed by atoms with E-state index >= 15 is 0 Å². The van der Waals surface area contributed by atoms with Gasteiger partial charge in [-0.15, -0.1) is 0 Å². The lowest BCUT2D eigenvalue weighted by Gasteiger charge is -2.13.